The van der Waals surface area contributed by atoms with Crippen molar-refractivity contribution >= 4 is 23.0 Å². The van der Waals surface area contributed by atoms with Gasteiger partial charge in [-0.2, -0.15) is 0 Å². The van der Waals surface area contributed by atoms with Crippen LogP contribution in [-0.2, 0) is 0 Å². The van der Waals surface area contributed by atoms with Gasteiger partial charge < -0.3 is 9.80 Å². The summed E-state index contributed by atoms with van der Waals surface area (Å²) in [6.07, 6.45) is 4.82. The van der Waals surface area contributed by atoms with Gasteiger partial charge in [0.1, 0.15) is 6.17 Å². The number of anilines is 4. The van der Waals surface area contributed by atoms with Crippen LogP contribution < -0.4 is 9.80 Å². The van der Waals surface area contributed by atoms with Gasteiger partial charge in [-0.3, -0.25) is 0 Å². The number of benzene rings is 4. The van der Waals surface area contributed by atoms with Crippen LogP contribution in [0.3, 0.4) is 0 Å². The Balaban J connectivity index is 1.47. The third-order valence-electron chi connectivity index (χ3n) is 9.10. The lowest BCUT2D eigenvalue weighted by atomic mass is 9.61. The van der Waals surface area contributed by atoms with Crippen LogP contribution in [0.4, 0.5) is 23.0 Å². The Bertz CT molecular complexity index is 1750. The normalized spacial score (nSPS) is 23.9. The average molecular weight is 519 g/mol. The van der Waals surface area contributed by atoms with Gasteiger partial charge in [0.25, 0.3) is 0 Å². The smallest absolute Gasteiger partial charge is 0.179 e. The van der Waals surface area contributed by atoms with Gasteiger partial charge in [0.15, 0.2) is 11.6 Å². The van der Waals surface area contributed by atoms with Gasteiger partial charge in [0.2, 0.25) is 0 Å². The van der Waals surface area contributed by atoms with Crippen molar-refractivity contribution in [2.45, 2.75) is 25.9 Å². The zero-order chi connectivity index (χ0) is 26.8. The number of allylic oxidation sites excluding steroid dienone is 1. The minimum Gasteiger partial charge on any atom is -0.301 e. The van der Waals surface area contributed by atoms with E-state index >= 15 is 0 Å². The van der Waals surface area contributed by atoms with E-state index in [1.165, 1.54) is 11.3 Å². The predicted molar refractivity (Wildman–Crippen MR) is 163 cm³/mol. The van der Waals surface area contributed by atoms with Crippen LogP contribution in [0.2, 0.25) is 0 Å². The van der Waals surface area contributed by atoms with E-state index in [1.54, 1.807) is 0 Å². The maximum Gasteiger partial charge on any atom is 0.179 e. The zero-order valence-electron chi connectivity index (χ0n) is 22.6. The van der Waals surface area contributed by atoms with Gasteiger partial charge in [-0.1, -0.05) is 123 Å². The molecule has 0 radical (unpaired) electrons. The van der Waals surface area contributed by atoms with Gasteiger partial charge in [-0.05, 0) is 35.6 Å². The predicted octanol–water partition coefficient (Wildman–Crippen LogP) is 8.74. The SMILES string of the molecule is CC1c2ccccc2N2c3nc(-c4ccccc4)c(-c4ccccc4)nc3N(c3ccccc3)C2C2(C)C=CC12. The summed E-state index contributed by atoms with van der Waals surface area (Å²) in [5.41, 5.74) is 7.54. The Morgan fingerprint density at radius 2 is 1.15 bits per heavy atom. The second kappa shape index (κ2) is 8.65. The lowest BCUT2D eigenvalue weighted by Crippen LogP contribution is -2.54. The summed E-state index contributed by atoms with van der Waals surface area (Å²) in [7, 11) is 0. The van der Waals surface area contributed by atoms with Gasteiger partial charge in [0, 0.05) is 27.9 Å². The molecule has 0 saturated heterocycles. The second-order valence-electron chi connectivity index (χ2n) is 11.3. The summed E-state index contributed by atoms with van der Waals surface area (Å²) < 4.78 is 0. The number of hydrogen-bond donors (Lipinski definition) is 0. The van der Waals surface area contributed by atoms with Crippen molar-refractivity contribution in [3.05, 3.63) is 133 Å². The number of nitrogens with zero attached hydrogens (tertiary/aromatic N) is 4. The lowest BCUT2D eigenvalue weighted by molar-refractivity contribution is 0.198. The van der Waals surface area contributed by atoms with Crippen LogP contribution in [0.1, 0.15) is 25.3 Å². The third kappa shape index (κ3) is 3.19. The van der Waals surface area contributed by atoms with Gasteiger partial charge in [-0.25, -0.2) is 9.97 Å². The quantitative estimate of drug-likeness (QED) is 0.224. The maximum absolute atomic E-state index is 5.54. The van der Waals surface area contributed by atoms with E-state index in [9.17, 15) is 0 Å². The molecule has 4 nitrogen and oxygen atoms in total. The van der Waals surface area contributed by atoms with Crippen LogP contribution in [0.5, 0.6) is 0 Å². The Morgan fingerprint density at radius 1 is 0.625 bits per heavy atom. The summed E-state index contributed by atoms with van der Waals surface area (Å²) in [4.78, 5) is 16.0. The molecular formula is C36H30N4. The van der Waals surface area contributed by atoms with Gasteiger partial charge >= 0.3 is 0 Å². The van der Waals surface area contributed by atoms with Gasteiger partial charge in [-0.15, -0.1) is 0 Å². The number of aromatic nitrogens is 2. The molecule has 3 aliphatic rings. The Morgan fingerprint density at radius 3 is 1.73 bits per heavy atom. The highest BCUT2D eigenvalue weighted by atomic mass is 15.5. The van der Waals surface area contributed by atoms with Crippen molar-refractivity contribution in [1.82, 2.24) is 9.97 Å². The van der Waals surface area contributed by atoms with E-state index in [0.717, 1.165) is 39.8 Å². The molecule has 0 saturated carbocycles. The van der Waals surface area contributed by atoms with Crippen LogP contribution in [0.15, 0.2) is 127 Å². The van der Waals surface area contributed by atoms with E-state index in [1.807, 2.05) is 0 Å². The van der Waals surface area contributed by atoms with Crippen molar-refractivity contribution in [2.24, 2.45) is 11.3 Å². The highest BCUT2D eigenvalue weighted by Gasteiger charge is 2.58. The number of hydrogen-bond acceptors (Lipinski definition) is 4. The average Bonchev–Trinajstić information content (AvgIpc) is 3.33. The zero-order valence-corrected chi connectivity index (χ0v) is 22.6. The standard InChI is InChI=1S/C36H30N4/c1-24-28-20-12-13-21-30(28)40-34-33(39(27-18-10-5-11-19-27)35(40)36(2)23-22-29(24)36)37-31(25-14-6-3-7-15-25)32(38-34)26-16-8-4-9-17-26/h3-24,29,35H,1-2H3. The van der Waals surface area contributed by atoms with E-state index < -0.39 is 0 Å². The minimum absolute atomic E-state index is 0.000599. The Hall–Kier alpha value is -4.70. The van der Waals surface area contributed by atoms with Crippen LogP contribution >= 0.6 is 0 Å². The molecule has 1 aromatic heterocycles. The summed E-state index contributed by atoms with van der Waals surface area (Å²) in [6.45, 7) is 4.79. The monoisotopic (exact) mass is 518 g/mol. The fraction of sp³-hybridized carbons (Fsp3) is 0.167. The van der Waals surface area contributed by atoms with Crippen molar-refractivity contribution in [3.8, 4) is 22.5 Å². The Kier molecular flexibility index (Phi) is 5.02. The topological polar surface area (TPSA) is 32.3 Å². The molecule has 0 amide bonds. The molecule has 2 aliphatic heterocycles. The first kappa shape index (κ1) is 23.2. The third-order valence-corrected chi connectivity index (χ3v) is 9.10. The molecule has 4 aromatic carbocycles. The highest BCUT2D eigenvalue weighted by Crippen LogP contribution is 2.62. The van der Waals surface area contributed by atoms with E-state index in [4.69, 9.17) is 9.97 Å². The van der Waals surface area contributed by atoms with E-state index in [-0.39, 0.29) is 11.6 Å². The van der Waals surface area contributed by atoms with Crippen molar-refractivity contribution in [1.29, 1.82) is 0 Å². The van der Waals surface area contributed by atoms with E-state index in [0.29, 0.717) is 11.8 Å². The molecule has 0 spiro atoms. The number of fused-ring (bicyclic) bond motifs is 7. The summed E-state index contributed by atoms with van der Waals surface area (Å²) in [5, 5.41) is 0. The minimum atomic E-state index is -0.101. The fourth-order valence-electron chi connectivity index (χ4n) is 7.10. The molecule has 4 heteroatoms. The molecule has 0 fully saturated rings. The first-order valence-corrected chi connectivity index (χ1v) is 14.1. The molecule has 4 atom stereocenters. The summed E-state index contributed by atoms with van der Waals surface area (Å²) in [5.74, 6) is 2.61. The fourth-order valence-corrected chi connectivity index (χ4v) is 7.10. The summed E-state index contributed by atoms with van der Waals surface area (Å²) in [6, 6.07) is 40.5. The molecule has 40 heavy (non-hydrogen) atoms. The maximum atomic E-state index is 5.54. The molecule has 194 valence electrons. The molecular weight excluding hydrogens is 488 g/mol. The van der Waals surface area contributed by atoms with Crippen molar-refractivity contribution < 1.29 is 0 Å². The van der Waals surface area contributed by atoms with Crippen LogP contribution in [0, 0.1) is 11.3 Å². The van der Waals surface area contributed by atoms with Crippen molar-refractivity contribution in [3.63, 3.8) is 0 Å². The molecule has 1 aliphatic carbocycles. The van der Waals surface area contributed by atoms with Crippen LogP contribution in [-0.4, -0.2) is 16.1 Å². The van der Waals surface area contributed by atoms with E-state index in [2.05, 4.69) is 151 Å². The Labute approximate surface area is 235 Å². The molecule has 0 bridgehead atoms. The molecule has 0 N–H and O–H groups in total. The first-order chi connectivity index (χ1) is 19.6. The highest BCUT2D eigenvalue weighted by molar-refractivity contribution is 5.90. The number of rotatable bonds is 3. The molecule has 4 unspecified atom stereocenters. The molecule has 3 heterocycles. The number of para-hydroxylation sites is 2. The first-order valence-electron chi connectivity index (χ1n) is 14.1. The summed E-state index contributed by atoms with van der Waals surface area (Å²) >= 11 is 0. The van der Waals surface area contributed by atoms with Crippen molar-refractivity contribution in [2.75, 3.05) is 9.80 Å². The lowest BCUT2D eigenvalue weighted by Gasteiger charge is -2.50. The van der Waals surface area contributed by atoms with Crippen LogP contribution in [0.25, 0.3) is 22.5 Å². The largest absolute Gasteiger partial charge is 0.301 e. The second-order valence-corrected chi connectivity index (χ2v) is 11.3. The molecule has 5 aromatic rings. The van der Waals surface area contributed by atoms with Gasteiger partial charge in [0.05, 0.1) is 11.4 Å². The molecule has 8 rings (SSSR count).